The highest BCUT2D eigenvalue weighted by molar-refractivity contribution is 5.75. The van der Waals surface area contributed by atoms with Crippen LogP contribution in [0.2, 0.25) is 0 Å². The highest BCUT2D eigenvalue weighted by atomic mass is 16.2. The van der Waals surface area contributed by atoms with Gasteiger partial charge in [-0.25, -0.2) is 0 Å². The second-order valence-corrected chi connectivity index (χ2v) is 4.22. The molecule has 82 valence electrons. The van der Waals surface area contributed by atoms with E-state index in [-0.39, 0.29) is 11.3 Å². The number of likely N-dealkylation sites (N-methyl/N-ethyl adjacent to an activating group) is 1. The van der Waals surface area contributed by atoms with Crippen LogP contribution in [0.1, 0.15) is 27.2 Å². The predicted octanol–water partition coefficient (Wildman–Crippen LogP) is 2.89. The molecule has 0 saturated carbocycles. The average Bonchev–Trinajstić information content (AvgIpc) is 2.40. The molecule has 0 N–H and O–H groups in total. The lowest BCUT2D eigenvalue weighted by Crippen LogP contribution is -2.22. The summed E-state index contributed by atoms with van der Waals surface area (Å²) in [5.74, 6) is 0.0550. The van der Waals surface area contributed by atoms with Crippen LogP contribution in [0.15, 0.2) is 36.1 Å². The first-order valence-electron chi connectivity index (χ1n) is 5.31. The van der Waals surface area contributed by atoms with Crippen LogP contribution in [0.25, 0.3) is 0 Å². The Morgan fingerprint density at radius 3 is 2.67 bits per heavy atom. The van der Waals surface area contributed by atoms with E-state index >= 15 is 0 Å². The molecule has 0 radical (unpaired) electrons. The van der Waals surface area contributed by atoms with Gasteiger partial charge in [-0.3, -0.25) is 4.79 Å². The molecule has 0 aromatic rings. The van der Waals surface area contributed by atoms with Gasteiger partial charge in [-0.2, -0.15) is 0 Å². The molecule has 1 amide bonds. The summed E-state index contributed by atoms with van der Waals surface area (Å²) in [6.45, 7) is 5.92. The third-order valence-corrected chi connectivity index (χ3v) is 3.00. The summed E-state index contributed by atoms with van der Waals surface area (Å²) in [4.78, 5) is 12.9. The first kappa shape index (κ1) is 11.8. The van der Waals surface area contributed by atoms with Crippen LogP contribution in [0.3, 0.4) is 0 Å². The van der Waals surface area contributed by atoms with E-state index in [9.17, 15) is 4.79 Å². The van der Waals surface area contributed by atoms with E-state index in [1.807, 2.05) is 18.2 Å². The summed E-state index contributed by atoms with van der Waals surface area (Å²) < 4.78 is 0. The Hall–Kier alpha value is -1.31. The van der Waals surface area contributed by atoms with Crippen LogP contribution in [0, 0.1) is 5.41 Å². The highest BCUT2D eigenvalue weighted by Crippen LogP contribution is 2.27. The molecule has 1 unspecified atom stereocenters. The Labute approximate surface area is 92.0 Å². The number of carbonyl (C=O) groups excluding carboxylic acids is 1. The van der Waals surface area contributed by atoms with Crippen LogP contribution in [0.5, 0.6) is 0 Å². The molecule has 1 aliphatic carbocycles. The molecule has 0 aliphatic heterocycles. The lowest BCUT2D eigenvalue weighted by atomic mass is 9.87. The van der Waals surface area contributed by atoms with Gasteiger partial charge in [0.2, 0.25) is 5.91 Å². The maximum Gasteiger partial charge on any atom is 0.223 e. The minimum Gasteiger partial charge on any atom is -0.316 e. The summed E-state index contributed by atoms with van der Waals surface area (Å²) in [5, 5.41) is 0. The highest BCUT2D eigenvalue weighted by Gasteiger charge is 2.16. The van der Waals surface area contributed by atoms with Crippen molar-refractivity contribution in [2.24, 2.45) is 5.41 Å². The monoisotopic (exact) mass is 205 g/mol. The Morgan fingerprint density at radius 2 is 2.13 bits per heavy atom. The van der Waals surface area contributed by atoms with Crippen LogP contribution in [-0.4, -0.2) is 17.9 Å². The van der Waals surface area contributed by atoms with Gasteiger partial charge in [0, 0.05) is 25.1 Å². The van der Waals surface area contributed by atoms with E-state index in [1.165, 1.54) is 0 Å². The third-order valence-electron chi connectivity index (χ3n) is 3.00. The first-order chi connectivity index (χ1) is 6.98. The Bertz CT molecular complexity index is 338. The lowest BCUT2D eigenvalue weighted by molar-refractivity contribution is -0.125. The lowest BCUT2D eigenvalue weighted by Gasteiger charge is -2.19. The summed E-state index contributed by atoms with van der Waals surface area (Å²) in [5.41, 5.74) is 1.05. The zero-order chi connectivity index (χ0) is 11.5. The van der Waals surface area contributed by atoms with Crippen LogP contribution in [-0.2, 0) is 4.79 Å². The average molecular weight is 205 g/mol. The molecule has 2 heteroatoms. The van der Waals surface area contributed by atoms with E-state index in [0.717, 1.165) is 12.1 Å². The van der Waals surface area contributed by atoms with Crippen molar-refractivity contribution < 1.29 is 4.79 Å². The van der Waals surface area contributed by atoms with Gasteiger partial charge in [-0.15, -0.1) is 0 Å². The smallest absolute Gasteiger partial charge is 0.223 e. The zero-order valence-corrected chi connectivity index (χ0v) is 9.95. The quantitative estimate of drug-likeness (QED) is 0.678. The molecule has 0 fully saturated rings. The van der Waals surface area contributed by atoms with Gasteiger partial charge in [-0.05, 0) is 18.6 Å². The van der Waals surface area contributed by atoms with Crippen molar-refractivity contribution in [2.75, 3.05) is 7.05 Å². The van der Waals surface area contributed by atoms with E-state index in [4.69, 9.17) is 0 Å². The fourth-order valence-corrected chi connectivity index (χ4v) is 1.39. The predicted molar refractivity (Wildman–Crippen MR) is 63.2 cm³/mol. The molecular formula is C13H19NO. The molecule has 0 aromatic heterocycles. The maximum absolute atomic E-state index is 11.2. The molecule has 0 saturated heterocycles. The fraction of sp³-hybridized carbons (Fsp3) is 0.462. The second kappa shape index (κ2) is 4.47. The summed E-state index contributed by atoms with van der Waals surface area (Å²) in [6.07, 6.45) is 11.4. The molecule has 0 bridgehead atoms. The molecule has 1 aliphatic rings. The number of allylic oxidation sites excluding steroid dienone is 5. The molecule has 1 atom stereocenters. The summed E-state index contributed by atoms with van der Waals surface area (Å²) >= 11 is 0. The number of hydrogen-bond acceptors (Lipinski definition) is 1. The Kier molecular flexibility index (Phi) is 3.51. The number of hydrogen-bond donors (Lipinski definition) is 0. The van der Waals surface area contributed by atoms with Gasteiger partial charge in [0.1, 0.15) is 0 Å². The fourth-order valence-electron chi connectivity index (χ4n) is 1.39. The van der Waals surface area contributed by atoms with Crippen LogP contribution in [0.4, 0.5) is 0 Å². The van der Waals surface area contributed by atoms with E-state index in [0.29, 0.717) is 0 Å². The summed E-state index contributed by atoms with van der Waals surface area (Å²) in [6, 6.07) is 0. The molecule has 1 rings (SSSR count). The normalized spacial score (nSPS) is 24.7. The molecule has 0 spiro atoms. The van der Waals surface area contributed by atoms with Gasteiger partial charge in [0.05, 0.1) is 0 Å². The van der Waals surface area contributed by atoms with E-state index < -0.39 is 0 Å². The van der Waals surface area contributed by atoms with Crippen molar-refractivity contribution in [2.45, 2.75) is 27.2 Å². The maximum atomic E-state index is 11.2. The molecule has 2 nitrogen and oxygen atoms in total. The van der Waals surface area contributed by atoms with Crippen molar-refractivity contribution >= 4 is 5.91 Å². The molecule has 15 heavy (non-hydrogen) atoms. The van der Waals surface area contributed by atoms with E-state index in [1.54, 1.807) is 18.9 Å². The van der Waals surface area contributed by atoms with Crippen LogP contribution >= 0.6 is 0 Å². The van der Waals surface area contributed by atoms with Crippen molar-refractivity contribution in [3.63, 3.8) is 0 Å². The van der Waals surface area contributed by atoms with Gasteiger partial charge in [-0.1, -0.05) is 32.1 Å². The zero-order valence-electron chi connectivity index (χ0n) is 9.95. The van der Waals surface area contributed by atoms with Gasteiger partial charge in [0.15, 0.2) is 0 Å². The number of amides is 1. The minimum atomic E-state index is 0.0550. The topological polar surface area (TPSA) is 20.3 Å². The third kappa shape index (κ3) is 2.82. The Balaban J connectivity index is 2.90. The molecular weight excluding hydrogens is 186 g/mol. The van der Waals surface area contributed by atoms with Crippen LogP contribution < -0.4 is 0 Å². The van der Waals surface area contributed by atoms with Crippen molar-refractivity contribution in [1.29, 1.82) is 0 Å². The number of carbonyl (C=O) groups is 1. The SMILES string of the molecule is CCC1(C)C=CC=C(N(C)C(C)=O)C=C1. The van der Waals surface area contributed by atoms with E-state index in [2.05, 4.69) is 26.0 Å². The first-order valence-corrected chi connectivity index (χ1v) is 5.31. The van der Waals surface area contributed by atoms with Gasteiger partial charge < -0.3 is 4.90 Å². The van der Waals surface area contributed by atoms with Gasteiger partial charge >= 0.3 is 0 Å². The molecule has 0 heterocycles. The second-order valence-electron chi connectivity index (χ2n) is 4.22. The Morgan fingerprint density at radius 1 is 1.47 bits per heavy atom. The number of nitrogens with zero attached hydrogens (tertiary/aromatic N) is 1. The summed E-state index contributed by atoms with van der Waals surface area (Å²) in [7, 11) is 1.79. The largest absolute Gasteiger partial charge is 0.316 e. The molecule has 0 aromatic carbocycles. The van der Waals surface area contributed by atoms with Crippen molar-refractivity contribution in [3.05, 3.63) is 36.1 Å². The minimum absolute atomic E-state index is 0.0550. The standard InChI is InChI=1S/C13H19NO/c1-5-13(3)9-6-7-12(8-10-13)14(4)11(2)15/h6-10H,5H2,1-4H3. The van der Waals surface area contributed by atoms with Gasteiger partial charge in [0.25, 0.3) is 0 Å². The number of rotatable bonds is 2. The van der Waals surface area contributed by atoms with Crippen molar-refractivity contribution in [3.8, 4) is 0 Å². The van der Waals surface area contributed by atoms with Crippen molar-refractivity contribution in [1.82, 2.24) is 4.90 Å².